The van der Waals surface area contributed by atoms with Crippen molar-refractivity contribution in [2.75, 3.05) is 7.05 Å². The van der Waals surface area contributed by atoms with Crippen LogP contribution < -0.4 is 5.32 Å². The summed E-state index contributed by atoms with van der Waals surface area (Å²) in [4.78, 5) is 0. The average Bonchev–Trinajstić information content (AvgIpc) is 2.26. The summed E-state index contributed by atoms with van der Waals surface area (Å²) in [6, 6.07) is 9.29. The van der Waals surface area contributed by atoms with E-state index in [0.29, 0.717) is 6.04 Å². The Bertz CT molecular complexity index is 268. The lowest BCUT2D eigenvalue weighted by Crippen LogP contribution is -2.25. The van der Waals surface area contributed by atoms with E-state index in [1.807, 2.05) is 0 Å². The maximum atomic E-state index is 3.45. The minimum Gasteiger partial charge on any atom is -0.317 e. The second-order valence-electron chi connectivity index (χ2n) is 3.94. The molecule has 0 heterocycles. The van der Waals surface area contributed by atoms with Crippen molar-refractivity contribution >= 4 is 15.9 Å². The molecule has 0 saturated heterocycles. The number of hydrogen-bond acceptors (Lipinski definition) is 1. The molecule has 0 bridgehead atoms. The number of hydrogen-bond donors (Lipinski definition) is 1. The molecular formula is C13H20BrN. The molecule has 0 aliphatic heterocycles. The summed E-state index contributed by atoms with van der Waals surface area (Å²) >= 11 is 3.45. The lowest BCUT2D eigenvalue weighted by Gasteiger charge is -2.14. The van der Waals surface area contributed by atoms with E-state index in [9.17, 15) is 0 Å². The molecule has 0 amide bonds. The zero-order valence-electron chi connectivity index (χ0n) is 9.59. The highest BCUT2D eigenvalue weighted by Crippen LogP contribution is 2.13. The highest BCUT2D eigenvalue weighted by atomic mass is 79.9. The molecule has 0 radical (unpaired) electrons. The van der Waals surface area contributed by atoms with Gasteiger partial charge in [0, 0.05) is 10.5 Å². The van der Waals surface area contributed by atoms with E-state index in [1.165, 1.54) is 31.2 Å². The molecule has 0 saturated carbocycles. The Morgan fingerprint density at radius 3 is 2.40 bits per heavy atom. The quantitative estimate of drug-likeness (QED) is 0.829. The maximum Gasteiger partial charge on any atom is 0.0175 e. The van der Waals surface area contributed by atoms with Crippen LogP contribution in [-0.2, 0) is 6.42 Å². The number of halogens is 1. The van der Waals surface area contributed by atoms with Crippen molar-refractivity contribution in [3.63, 3.8) is 0 Å². The zero-order valence-corrected chi connectivity index (χ0v) is 11.2. The van der Waals surface area contributed by atoms with Crippen LogP contribution in [0.1, 0.15) is 31.7 Å². The van der Waals surface area contributed by atoms with Crippen molar-refractivity contribution in [2.45, 2.75) is 38.6 Å². The molecule has 0 fully saturated rings. The summed E-state index contributed by atoms with van der Waals surface area (Å²) in [5.41, 5.74) is 1.43. The molecular weight excluding hydrogens is 250 g/mol. The van der Waals surface area contributed by atoms with Crippen LogP contribution in [0.5, 0.6) is 0 Å². The summed E-state index contributed by atoms with van der Waals surface area (Å²) in [6.45, 7) is 2.24. The van der Waals surface area contributed by atoms with Gasteiger partial charge in [0.25, 0.3) is 0 Å². The first-order valence-electron chi connectivity index (χ1n) is 5.68. The molecule has 1 rings (SSSR count). The Balaban J connectivity index is 2.38. The van der Waals surface area contributed by atoms with Crippen LogP contribution in [0.3, 0.4) is 0 Å². The first kappa shape index (κ1) is 12.7. The van der Waals surface area contributed by atoms with Crippen LogP contribution in [-0.4, -0.2) is 13.1 Å². The SMILES string of the molecule is CCCC(CCc1ccc(Br)cc1)NC. The summed E-state index contributed by atoms with van der Waals surface area (Å²) in [6.07, 6.45) is 4.92. The third kappa shape index (κ3) is 4.80. The first-order valence-corrected chi connectivity index (χ1v) is 6.47. The fourth-order valence-electron chi connectivity index (χ4n) is 1.77. The van der Waals surface area contributed by atoms with Gasteiger partial charge in [-0.15, -0.1) is 0 Å². The third-order valence-electron chi connectivity index (χ3n) is 2.74. The molecule has 1 aromatic rings. The predicted octanol–water partition coefficient (Wildman–Crippen LogP) is 3.77. The molecule has 15 heavy (non-hydrogen) atoms. The minimum absolute atomic E-state index is 0.665. The van der Waals surface area contributed by atoms with Crippen molar-refractivity contribution in [3.8, 4) is 0 Å². The van der Waals surface area contributed by atoms with E-state index >= 15 is 0 Å². The second-order valence-corrected chi connectivity index (χ2v) is 4.86. The standard InChI is InChI=1S/C13H20BrN/c1-3-4-13(15-2)10-7-11-5-8-12(14)9-6-11/h5-6,8-9,13,15H,3-4,7,10H2,1-2H3. The Morgan fingerprint density at radius 2 is 1.87 bits per heavy atom. The lowest BCUT2D eigenvalue weighted by molar-refractivity contribution is 0.484. The van der Waals surface area contributed by atoms with Crippen LogP contribution in [0, 0.1) is 0 Å². The Kier molecular flexibility index (Phi) is 5.96. The van der Waals surface area contributed by atoms with Gasteiger partial charge in [0.1, 0.15) is 0 Å². The molecule has 1 unspecified atom stereocenters. The summed E-state index contributed by atoms with van der Waals surface area (Å²) in [5, 5.41) is 3.38. The molecule has 1 nitrogen and oxygen atoms in total. The fraction of sp³-hybridized carbons (Fsp3) is 0.538. The average molecular weight is 270 g/mol. The van der Waals surface area contributed by atoms with Gasteiger partial charge >= 0.3 is 0 Å². The molecule has 1 N–H and O–H groups in total. The molecule has 0 spiro atoms. The van der Waals surface area contributed by atoms with Gasteiger partial charge in [0.2, 0.25) is 0 Å². The van der Waals surface area contributed by atoms with Gasteiger partial charge in [-0.1, -0.05) is 41.4 Å². The minimum atomic E-state index is 0.665. The molecule has 0 aliphatic carbocycles. The van der Waals surface area contributed by atoms with E-state index in [-0.39, 0.29) is 0 Å². The van der Waals surface area contributed by atoms with Gasteiger partial charge in [0.05, 0.1) is 0 Å². The van der Waals surface area contributed by atoms with Crippen LogP contribution in [0.2, 0.25) is 0 Å². The van der Waals surface area contributed by atoms with Crippen molar-refractivity contribution < 1.29 is 0 Å². The van der Waals surface area contributed by atoms with Gasteiger partial charge in [-0.2, -0.15) is 0 Å². The van der Waals surface area contributed by atoms with Gasteiger partial charge in [-0.25, -0.2) is 0 Å². The topological polar surface area (TPSA) is 12.0 Å². The molecule has 0 aliphatic rings. The van der Waals surface area contributed by atoms with Gasteiger partial charge in [0.15, 0.2) is 0 Å². The van der Waals surface area contributed by atoms with Gasteiger partial charge in [-0.05, 0) is 44.0 Å². The molecule has 1 aromatic carbocycles. The van der Waals surface area contributed by atoms with E-state index in [1.54, 1.807) is 0 Å². The Hall–Kier alpha value is -0.340. The largest absolute Gasteiger partial charge is 0.317 e. The molecule has 1 atom stereocenters. The smallest absolute Gasteiger partial charge is 0.0175 e. The van der Waals surface area contributed by atoms with Crippen molar-refractivity contribution in [1.82, 2.24) is 5.32 Å². The first-order chi connectivity index (χ1) is 7.26. The molecule has 2 heteroatoms. The predicted molar refractivity (Wildman–Crippen MR) is 70.2 cm³/mol. The number of benzene rings is 1. The number of rotatable bonds is 6. The van der Waals surface area contributed by atoms with Gasteiger partial charge < -0.3 is 5.32 Å². The van der Waals surface area contributed by atoms with Crippen molar-refractivity contribution in [1.29, 1.82) is 0 Å². The fourth-order valence-corrected chi connectivity index (χ4v) is 2.04. The third-order valence-corrected chi connectivity index (χ3v) is 3.27. The molecule has 0 aromatic heterocycles. The van der Waals surface area contributed by atoms with Crippen LogP contribution in [0.15, 0.2) is 28.7 Å². The second kappa shape index (κ2) is 7.02. The zero-order chi connectivity index (χ0) is 11.1. The lowest BCUT2D eigenvalue weighted by atomic mass is 10.0. The normalized spacial score (nSPS) is 12.7. The summed E-state index contributed by atoms with van der Waals surface area (Å²) in [5.74, 6) is 0. The maximum absolute atomic E-state index is 3.45. The van der Waals surface area contributed by atoms with E-state index in [2.05, 4.69) is 59.5 Å². The number of nitrogens with one attached hydrogen (secondary N) is 1. The molecule has 84 valence electrons. The van der Waals surface area contributed by atoms with E-state index < -0.39 is 0 Å². The van der Waals surface area contributed by atoms with Gasteiger partial charge in [-0.3, -0.25) is 0 Å². The van der Waals surface area contributed by atoms with E-state index in [0.717, 1.165) is 4.47 Å². The van der Waals surface area contributed by atoms with Crippen molar-refractivity contribution in [3.05, 3.63) is 34.3 Å². The van der Waals surface area contributed by atoms with Crippen molar-refractivity contribution in [2.24, 2.45) is 0 Å². The monoisotopic (exact) mass is 269 g/mol. The highest BCUT2D eigenvalue weighted by molar-refractivity contribution is 9.10. The summed E-state index contributed by atoms with van der Waals surface area (Å²) in [7, 11) is 2.06. The Labute approximate surface area is 101 Å². The van der Waals surface area contributed by atoms with Crippen LogP contribution in [0.25, 0.3) is 0 Å². The van der Waals surface area contributed by atoms with Crippen LogP contribution in [0.4, 0.5) is 0 Å². The highest BCUT2D eigenvalue weighted by Gasteiger charge is 2.04. The van der Waals surface area contributed by atoms with Crippen LogP contribution >= 0.6 is 15.9 Å². The Morgan fingerprint density at radius 1 is 1.20 bits per heavy atom. The number of aryl methyl sites for hydroxylation is 1. The summed E-state index contributed by atoms with van der Waals surface area (Å²) < 4.78 is 1.16. The van der Waals surface area contributed by atoms with E-state index in [4.69, 9.17) is 0 Å².